The number of halogens is 6. The molecule has 0 amide bonds. The predicted octanol–water partition coefficient (Wildman–Crippen LogP) is 8.85. The quantitative estimate of drug-likeness (QED) is 0.0550. The molecule has 4 aliphatic rings. The average molecular weight is 861 g/mol. The number of alkyl halides is 6. The molecule has 16 heteroatoms. The van der Waals surface area contributed by atoms with E-state index >= 15 is 0 Å². The lowest BCUT2D eigenvalue weighted by atomic mass is 9.30. The Bertz CT molecular complexity index is 1440. The van der Waals surface area contributed by atoms with Gasteiger partial charge in [0.2, 0.25) is 0 Å². The van der Waals surface area contributed by atoms with Crippen molar-refractivity contribution in [3.63, 3.8) is 0 Å². The summed E-state index contributed by atoms with van der Waals surface area (Å²) in [6.45, 7) is 17.1. The number of esters is 2. The molecule has 0 aromatic heterocycles. The molecule has 4 atom stereocenters. The highest BCUT2D eigenvalue weighted by molar-refractivity contribution is 5.88. The van der Waals surface area contributed by atoms with Gasteiger partial charge in [-0.3, -0.25) is 0 Å². The minimum atomic E-state index is -5.06. The Morgan fingerprint density at radius 1 is 0.576 bits per heavy atom. The van der Waals surface area contributed by atoms with E-state index in [1.807, 2.05) is 13.8 Å². The Morgan fingerprint density at radius 2 is 0.881 bits per heavy atom. The number of carbonyl (C=O) groups is 2. The number of hydrogen-bond acceptors (Lipinski definition) is 10. The number of aliphatic hydroxyl groups is 3. The van der Waals surface area contributed by atoms with Crippen molar-refractivity contribution in [2.45, 2.75) is 205 Å². The summed E-state index contributed by atoms with van der Waals surface area (Å²) in [5.41, 5.74) is -16.7. The largest absolute Gasteiger partial charge is 0.456 e. The third kappa shape index (κ3) is 9.38. The van der Waals surface area contributed by atoms with Crippen molar-refractivity contribution in [3.8, 4) is 0 Å². The van der Waals surface area contributed by atoms with Crippen LogP contribution in [0.3, 0.4) is 0 Å². The van der Waals surface area contributed by atoms with E-state index in [-0.39, 0.29) is 76.4 Å². The second kappa shape index (κ2) is 17.0. The molecule has 4 rings (SSSR count). The molecule has 0 aromatic carbocycles. The van der Waals surface area contributed by atoms with Crippen molar-refractivity contribution in [2.75, 3.05) is 26.4 Å². The smallest absolute Gasteiger partial charge is 0.419 e. The zero-order chi connectivity index (χ0) is 45.6. The molecule has 4 aliphatic carbocycles. The fourth-order valence-corrected chi connectivity index (χ4v) is 11.7. The third-order valence-electron chi connectivity index (χ3n) is 14.5. The molecule has 0 radical (unpaired) electrons. The summed E-state index contributed by atoms with van der Waals surface area (Å²) >= 11 is 0. The van der Waals surface area contributed by atoms with Gasteiger partial charge in [-0.05, 0) is 112 Å². The lowest BCUT2D eigenvalue weighted by Gasteiger charge is -2.78. The van der Waals surface area contributed by atoms with E-state index in [0.717, 1.165) is 0 Å². The maximum atomic E-state index is 14.2. The molecular formula is C43H70F6O10. The van der Waals surface area contributed by atoms with Crippen LogP contribution < -0.4 is 0 Å². The van der Waals surface area contributed by atoms with Crippen LogP contribution in [0, 0.1) is 16.2 Å². The highest BCUT2D eigenvalue weighted by Crippen LogP contribution is 2.80. The number of carbonyl (C=O) groups excluding carboxylic acids is 2. The lowest BCUT2D eigenvalue weighted by molar-refractivity contribution is -0.369. The summed E-state index contributed by atoms with van der Waals surface area (Å²) in [5, 5.41) is 32.4. The molecule has 4 bridgehead atoms. The average Bonchev–Trinajstić information content (AvgIpc) is 3.10. The van der Waals surface area contributed by atoms with Gasteiger partial charge >= 0.3 is 24.3 Å². The molecule has 0 saturated heterocycles. The standard InChI is InChI=1S/C43H70F6O10/c1-13-39(14-2,56-26-32(9,10)52)35-20-36(40(15-3,16-4)57-27-33(11,53)42(44,45)46)22-37(21-35,41(17-5,18-6)58-28-34(12,54)43(47,48)49)25-38(23-35,24-36)59-30(50)19-55-31(51)29(7)8/h52-54H,7,13-28H2,1-6,8-12H3. The van der Waals surface area contributed by atoms with Gasteiger partial charge < -0.3 is 39.0 Å². The fraction of sp³-hybridized carbons (Fsp3) is 0.907. The Hall–Kier alpha value is -1.98. The lowest BCUT2D eigenvalue weighted by Crippen LogP contribution is -2.78. The maximum absolute atomic E-state index is 14.2. The Kier molecular flexibility index (Phi) is 14.8. The van der Waals surface area contributed by atoms with Gasteiger partial charge in [0.25, 0.3) is 0 Å². The van der Waals surface area contributed by atoms with Crippen molar-refractivity contribution in [3.05, 3.63) is 12.2 Å². The van der Waals surface area contributed by atoms with Crippen LogP contribution in [0.1, 0.15) is 153 Å². The van der Waals surface area contributed by atoms with Gasteiger partial charge in [0.15, 0.2) is 17.8 Å². The first-order chi connectivity index (χ1) is 26.7. The van der Waals surface area contributed by atoms with Crippen LogP contribution in [0.2, 0.25) is 0 Å². The van der Waals surface area contributed by atoms with Gasteiger partial charge in [-0.1, -0.05) is 48.1 Å². The molecule has 0 aliphatic heterocycles. The molecular weight excluding hydrogens is 790 g/mol. The fourth-order valence-electron chi connectivity index (χ4n) is 11.7. The topological polar surface area (TPSA) is 141 Å². The molecule has 4 unspecified atom stereocenters. The summed E-state index contributed by atoms with van der Waals surface area (Å²) in [5.74, 6) is -1.76. The SMILES string of the molecule is C=C(C)C(=O)OCC(=O)OC12CC3(C(CC)(CC)OCC(C)(C)O)CC(C(CC)(CC)OCC(C)(O)C(F)(F)F)(C1)CC(C(CC)(CC)OCC(C)(O)C(F)(F)F)(C2)C3. The summed E-state index contributed by atoms with van der Waals surface area (Å²) in [4.78, 5) is 26.3. The van der Waals surface area contributed by atoms with Crippen LogP contribution >= 0.6 is 0 Å². The number of ether oxygens (including phenoxy) is 5. The summed E-state index contributed by atoms with van der Waals surface area (Å²) in [6.07, 6.45) is -7.92. The highest BCUT2D eigenvalue weighted by Gasteiger charge is 2.80. The Balaban J connectivity index is 2.51. The van der Waals surface area contributed by atoms with Crippen molar-refractivity contribution in [1.29, 1.82) is 0 Å². The second-order valence-electron chi connectivity index (χ2n) is 19.2. The predicted molar refractivity (Wildman–Crippen MR) is 207 cm³/mol. The zero-order valence-electron chi connectivity index (χ0n) is 37.0. The maximum Gasteiger partial charge on any atom is 0.419 e. The van der Waals surface area contributed by atoms with E-state index in [4.69, 9.17) is 23.7 Å². The van der Waals surface area contributed by atoms with Crippen molar-refractivity contribution >= 4 is 11.9 Å². The Morgan fingerprint density at radius 3 is 1.14 bits per heavy atom. The number of rotatable bonds is 22. The van der Waals surface area contributed by atoms with E-state index < -0.39 is 99.6 Å². The molecule has 59 heavy (non-hydrogen) atoms. The monoisotopic (exact) mass is 860 g/mol. The van der Waals surface area contributed by atoms with Crippen molar-refractivity contribution in [1.82, 2.24) is 0 Å². The first-order valence-electron chi connectivity index (χ1n) is 21.0. The van der Waals surface area contributed by atoms with Crippen LogP contribution in [0.5, 0.6) is 0 Å². The van der Waals surface area contributed by atoms with E-state index in [2.05, 4.69) is 6.58 Å². The number of hydrogen-bond donors (Lipinski definition) is 3. The van der Waals surface area contributed by atoms with E-state index in [9.17, 15) is 51.3 Å². The first-order valence-corrected chi connectivity index (χ1v) is 21.0. The van der Waals surface area contributed by atoms with Gasteiger partial charge in [-0.2, -0.15) is 26.3 Å². The molecule has 4 fully saturated rings. The second-order valence-corrected chi connectivity index (χ2v) is 19.2. The van der Waals surface area contributed by atoms with E-state index in [1.54, 1.807) is 41.5 Å². The van der Waals surface area contributed by atoms with Gasteiger partial charge in [0, 0.05) is 21.8 Å². The van der Waals surface area contributed by atoms with Crippen LogP contribution in [0.4, 0.5) is 26.3 Å². The van der Waals surface area contributed by atoms with Gasteiger partial charge in [-0.25, -0.2) is 9.59 Å². The van der Waals surface area contributed by atoms with Crippen molar-refractivity contribution in [2.24, 2.45) is 16.2 Å². The van der Waals surface area contributed by atoms with E-state index in [1.165, 1.54) is 6.92 Å². The first kappa shape index (κ1) is 51.4. The molecule has 3 N–H and O–H groups in total. The van der Waals surface area contributed by atoms with Crippen LogP contribution in [0.25, 0.3) is 0 Å². The van der Waals surface area contributed by atoms with Crippen LogP contribution in [0.15, 0.2) is 12.2 Å². The minimum absolute atomic E-state index is 0.0363. The van der Waals surface area contributed by atoms with Crippen molar-refractivity contribution < 1.29 is 74.9 Å². The third-order valence-corrected chi connectivity index (χ3v) is 14.5. The summed E-state index contributed by atoms with van der Waals surface area (Å²) in [6, 6.07) is 0. The summed E-state index contributed by atoms with van der Waals surface area (Å²) < 4.78 is 117. The molecule has 4 saturated carbocycles. The molecule has 344 valence electrons. The van der Waals surface area contributed by atoms with Crippen LogP contribution in [-0.2, 0) is 33.3 Å². The molecule has 0 spiro atoms. The normalized spacial score (nSPS) is 28.5. The highest BCUT2D eigenvalue weighted by atomic mass is 19.4. The molecule has 0 aromatic rings. The zero-order valence-corrected chi connectivity index (χ0v) is 37.0. The Labute approximate surface area is 346 Å². The van der Waals surface area contributed by atoms with Crippen LogP contribution in [-0.4, -0.2) is 105 Å². The van der Waals surface area contributed by atoms with E-state index in [0.29, 0.717) is 26.7 Å². The summed E-state index contributed by atoms with van der Waals surface area (Å²) in [7, 11) is 0. The minimum Gasteiger partial charge on any atom is -0.456 e. The molecule has 10 nitrogen and oxygen atoms in total. The molecule has 0 heterocycles. The van der Waals surface area contributed by atoms with Gasteiger partial charge in [-0.15, -0.1) is 0 Å². The van der Waals surface area contributed by atoms with Gasteiger partial charge in [0.1, 0.15) is 5.60 Å². The van der Waals surface area contributed by atoms with Gasteiger partial charge in [0.05, 0.1) is 42.2 Å².